The Morgan fingerprint density at radius 1 is 1.24 bits per heavy atom. The van der Waals surface area contributed by atoms with Gasteiger partial charge in [-0.25, -0.2) is 13.8 Å². The van der Waals surface area contributed by atoms with Crippen molar-refractivity contribution in [2.24, 2.45) is 0 Å². The lowest BCUT2D eigenvalue weighted by atomic mass is 10.1. The molecule has 0 spiro atoms. The van der Waals surface area contributed by atoms with Gasteiger partial charge in [-0.3, -0.25) is 4.98 Å². The SMILES string of the molecule is Cc1nc(C#N)cc(-c2cncc(F)c2)c1F. The topological polar surface area (TPSA) is 49.6 Å². The average Bonchev–Trinajstić information content (AvgIpc) is 2.32. The minimum absolute atomic E-state index is 0.0863. The number of pyridine rings is 2. The number of rotatable bonds is 1. The average molecular weight is 231 g/mol. The van der Waals surface area contributed by atoms with Gasteiger partial charge in [0.05, 0.1) is 11.9 Å². The van der Waals surface area contributed by atoms with Gasteiger partial charge in [0.1, 0.15) is 17.6 Å². The van der Waals surface area contributed by atoms with E-state index in [9.17, 15) is 8.78 Å². The Morgan fingerprint density at radius 3 is 2.65 bits per heavy atom. The van der Waals surface area contributed by atoms with Crippen LogP contribution in [-0.2, 0) is 0 Å². The second-order valence-electron chi connectivity index (χ2n) is 3.46. The molecular formula is C12H7F2N3. The molecule has 84 valence electrons. The van der Waals surface area contributed by atoms with Crippen LogP contribution in [-0.4, -0.2) is 9.97 Å². The van der Waals surface area contributed by atoms with Crippen molar-refractivity contribution in [3.63, 3.8) is 0 Å². The number of halogens is 2. The Hall–Kier alpha value is -2.35. The Morgan fingerprint density at radius 2 is 2.00 bits per heavy atom. The zero-order valence-corrected chi connectivity index (χ0v) is 8.91. The summed E-state index contributed by atoms with van der Waals surface area (Å²) >= 11 is 0. The molecule has 0 saturated heterocycles. The van der Waals surface area contributed by atoms with E-state index in [0.29, 0.717) is 0 Å². The molecule has 2 rings (SSSR count). The second-order valence-corrected chi connectivity index (χ2v) is 3.46. The van der Waals surface area contributed by atoms with E-state index < -0.39 is 11.6 Å². The van der Waals surface area contributed by atoms with Crippen LogP contribution in [0.3, 0.4) is 0 Å². The van der Waals surface area contributed by atoms with E-state index in [2.05, 4.69) is 9.97 Å². The molecule has 3 nitrogen and oxygen atoms in total. The quantitative estimate of drug-likeness (QED) is 0.757. The highest BCUT2D eigenvalue weighted by atomic mass is 19.1. The first kappa shape index (κ1) is 11.1. The molecule has 0 aliphatic rings. The molecule has 0 aromatic carbocycles. The van der Waals surface area contributed by atoms with E-state index in [4.69, 9.17) is 5.26 Å². The molecule has 5 heteroatoms. The number of hydrogen-bond acceptors (Lipinski definition) is 3. The molecule has 0 unspecified atom stereocenters. The molecule has 2 aromatic heterocycles. The van der Waals surface area contributed by atoms with Crippen LogP contribution in [0.25, 0.3) is 11.1 Å². The smallest absolute Gasteiger partial charge is 0.152 e. The lowest BCUT2D eigenvalue weighted by Crippen LogP contribution is -1.96. The minimum atomic E-state index is -0.573. The highest BCUT2D eigenvalue weighted by Crippen LogP contribution is 2.24. The molecule has 2 aromatic rings. The van der Waals surface area contributed by atoms with Crippen LogP contribution in [0, 0.1) is 29.9 Å². The van der Waals surface area contributed by atoms with Crippen LogP contribution in [0.4, 0.5) is 8.78 Å². The molecule has 0 atom stereocenters. The van der Waals surface area contributed by atoms with Gasteiger partial charge in [-0.1, -0.05) is 0 Å². The maximum atomic E-state index is 13.8. The fourth-order valence-corrected chi connectivity index (χ4v) is 1.48. The van der Waals surface area contributed by atoms with Crippen molar-refractivity contribution in [1.82, 2.24) is 9.97 Å². The van der Waals surface area contributed by atoms with E-state index in [1.165, 1.54) is 19.2 Å². The maximum Gasteiger partial charge on any atom is 0.152 e. The second kappa shape index (κ2) is 4.26. The number of aromatic nitrogens is 2. The van der Waals surface area contributed by atoms with Gasteiger partial charge in [0, 0.05) is 17.3 Å². The van der Waals surface area contributed by atoms with Gasteiger partial charge < -0.3 is 0 Å². The Kier molecular flexibility index (Phi) is 2.79. The first-order valence-corrected chi connectivity index (χ1v) is 4.80. The van der Waals surface area contributed by atoms with Crippen molar-refractivity contribution in [2.75, 3.05) is 0 Å². The van der Waals surface area contributed by atoms with Crippen molar-refractivity contribution < 1.29 is 8.78 Å². The summed E-state index contributed by atoms with van der Waals surface area (Å²) in [6.07, 6.45) is 2.36. The van der Waals surface area contributed by atoms with E-state index >= 15 is 0 Å². The standard InChI is InChI=1S/C12H7F2N3/c1-7-12(14)11(3-10(4-15)17-7)8-2-9(13)6-16-5-8/h2-3,5-6H,1H3. The van der Waals surface area contributed by atoms with Crippen LogP contribution in [0.2, 0.25) is 0 Å². The number of aryl methyl sites for hydroxylation is 1. The van der Waals surface area contributed by atoms with Gasteiger partial charge in [0.2, 0.25) is 0 Å². The summed E-state index contributed by atoms with van der Waals surface area (Å²) in [6.45, 7) is 1.45. The first-order chi connectivity index (χ1) is 8.11. The maximum absolute atomic E-state index is 13.8. The highest BCUT2D eigenvalue weighted by molar-refractivity contribution is 5.64. The van der Waals surface area contributed by atoms with Crippen LogP contribution in [0.15, 0.2) is 24.5 Å². The van der Waals surface area contributed by atoms with Crippen LogP contribution >= 0.6 is 0 Å². The fourth-order valence-electron chi connectivity index (χ4n) is 1.48. The molecule has 17 heavy (non-hydrogen) atoms. The van der Waals surface area contributed by atoms with Gasteiger partial charge >= 0.3 is 0 Å². The van der Waals surface area contributed by atoms with Crippen LogP contribution in [0.1, 0.15) is 11.4 Å². The molecular weight excluding hydrogens is 224 g/mol. The van der Waals surface area contributed by atoms with E-state index in [1.807, 2.05) is 6.07 Å². The lowest BCUT2D eigenvalue weighted by Gasteiger charge is -2.05. The van der Waals surface area contributed by atoms with Crippen LogP contribution in [0.5, 0.6) is 0 Å². The van der Waals surface area contributed by atoms with Gasteiger partial charge in [0.15, 0.2) is 5.82 Å². The zero-order chi connectivity index (χ0) is 12.4. The lowest BCUT2D eigenvalue weighted by molar-refractivity contribution is 0.610. The molecule has 0 bridgehead atoms. The monoisotopic (exact) mass is 231 g/mol. The van der Waals surface area contributed by atoms with Gasteiger partial charge in [-0.2, -0.15) is 5.26 Å². The van der Waals surface area contributed by atoms with Crippen molar-refractivity contribution in [1.29, 1.82) is 5.26 Å². The Bertz CT molecular complexity index is 618. The van der Waals surface area contributed by atoms with Gasteiger partial charge in [-0.05, 0) is 19.1 Å². The molecule has 0 aliphatic heterocycles. The highest BCUT2D eigenvalue weighted by Gasteiger charge is 2.12. The van der Waals surface area contributed by atoms with Crippen molar-refractivity contribution in [2.45, 2.75) is 6.92 Å². The molecule has 0 aliphatic carbocycles. The molecule has 0 amide bonds. The van der Waals surface area contributed by atoms with Gasteiger partial charge in [-0.15, -0.1) is 0 Å². The third-order valence-electron chi connectivity index (χ3n) is 2.25. The summed E-state index contributed by atoms with van der Waals surface area (Å²) in [4.78, 5) is 7.39. The summed E-state index contributed by atoms with van der Waals surface area (Å²) in [7, 11) is 0. The van der Waals surface area contributed by atoms with E-state index in [0.717, 1.165) is 12.3 Å². The minimum Gasteiger partial charge on any atom is -0.261 e. The summed E-state index contributed by atoms with van der Waals surface area (Å²) in [5, 5.41) is 8.75. The molecule has 2 heterocycles. The normalized spacial score (nSPS) is 10.0. The largest absolute Gasteiger partial charge is 0.261 e. The number of nitrogens with zero attached hydrogens (tertiary/aromatic N) is 3. The van der Waals surface area contributed by atoms with Gasteiger partial charge in [0.25, 0.3) is 0 Å². The van der Waals surface area contributed by atoms with Crippen molar-refractivity contribution in [3.05, 3.63) is 47.5 Å². The van der Waals surface area contributed by atoms with Crippen molar-refractivity contribution in [3.8, 4) is 17.2 Å². The Labute approximate surface area is 96.4 Å². The fraction of sp³-hybridized carbons (Fsp3) is 0.0833. The zero-order valence-electron chi connectivity index (χ0n) is 8.91. The molecule has 0 N–H and O–H groups in total. The van der Waals surface area contributed by atoms with Crippen molar-refractivity contribution >= 4 is 0 Å². The first-order valence-electron chi connectivity index (χ1n) is 4.80. The van der Waals surface area contributed by atoms with Crippen LogP contribution < -0.4 is 0 Å². The molecule has 0 fully saturated rings. The summed E-state index contributed by atoms with van der Waals surface area (Å²) in [6, 6.07) is 4.26. The predicted octanol–water partition coefficient (Wildman–Crippen LogP) is 2.60. The third-order valence-corrected chi connectivity index (χ3v) is 2.25. The molecule has 0 saturated carbocycles. The van der Waals surface area contributed by atoms with E-state index in [1.54, 1.807) is 0 Å². The third kappa shape index (κ3) is 2.11. The van der Waals surface area contributed by atoms with E-state index in [-0.39, 0.29) is 22.5 Å². The predicted molar refractivity (Wildman–Crippen MR) is 56.8 cm³/mol. The summed E-state index contributed by atoms with van der Waals surface area (Å²) < 4.78 is 26.8. The summed E-state index contributed by atoms with van der Waals surface area (Å²) in [5.41, 5.74) is 0.594. The number of nitriles is 1. The molecule has 0 radical (unpaired) electrons. The Balaban J connectivity index is 2.67. The summed E-state index contributed by atoms with van der Waals surface area (Å²) in [5.74, 6) is -1.13. The number of hydrogen-bond donors (Lipinski definition) is 0.